The number of anilines is 3. The van der Waals surface area contributed by atoms with Crippen LogP contribution in [0.2, 0.25) is 13.1 Å². The van der Waals surface area contributed by atoms with Gasteiger partial charge in [0.15, 0.2) is 0 Å². The van der Waals surface area contributed by atoms with Crippen molar-refractivity contribution < 1.29 is 0 Å². The predicted molar refractivity (Wildman–Crippen MR) is 328 cm³/mol. The molecule has 366 valence electrons. The summed E-state index contributed by atoms with van der Waals surface area (Å²) in [6, 6.07) is 108. The van der Waals surface area contributed by atoms with E-state index in [0.717, 1.165) is 17.1 Å². The van der Waals surface area contributed by atoms with E-state index in [0.29, 0.717) is 0 Å². The maximum atomic E-state index is 2.61. The smallest absolute Gasteiger partial charge is 0.113 e. The molecule has 1 nitrogen and oxygen atoms in total. The minimum Gasteiger partial charge on any atom is -0.309 e. The van der Waals surface area contributed by atoms with Crippen LogP contribution in [-0.2, 0) is 10.8 Å². The number of benzene rings is 12. The molecule has 16 rings (SSSR count). The average molecular weight is 1010 g/mol. The summed E-state index contributed by atoms with van der Waals surface area (Å²) < 4.78 is 0. The highest BCUT2D eigenvalue weighted by Crippen LogP contribution is 2.66. The van der Waals surface area contributed by atoms with Gasteiger partial charge in [-0.2, -0.15) is 0 Å². The lowest BCUT2D eigenvalue weighted by atomic mass is 9.67. The van der Waals surface area contributed by atoms with E-state index in [1.54, 1.807) is 0 Å². The molecule has 0 aromatic heterocycles. The van der Waals surface area contributed by atoms with Crippen LogP contribution in [0.5, 0.6) is 0 Å². The van der Waals surface area contributed by atoms with Gasteiger partial charge in [-0.15, -0.1) is 0 Å². The van der Waals surface area contributed by atoms with Gasteiger partial charge in [-0.3, -0.25) is 0 Å². The van der Waals surface area contributed by atoms with Crippen LogP contribution in [0.1, 0.15) is 44.5 Å². The molecule has 0 bridgehead atoms. The second-order valence-electron chi connectivity index (χ2n) is 22.2. The number of rotatable bonds is 7. The molecule has 1 aliphatic heterocycles. The molecular formula is C76H53NSi. The summed E-state index contributed by atoms with van der Waals surface area (Å²) in [6.45, 7) is 5.02. The Morgan fingerprint density at radius 1 is 0.269 bits per heavy atom. The molecule has 0 amide bonds. The van der Waals surface area contributed by atoms with Crippen molar-refractivity contribution >= 4 is 35.5 Å². The summed E-state index contributed by atoms with van der Waals surface area (Å²) in [7, 11) is -1.89. The van der Waals surface area contributed by atoms with Crippen LogP contribution in [0.25, 0.3) is 66.8 Å². The zero-order chi connectivity index (χ0) is 51.7. The Labute approximate surface area is 458 Å². The van der Waals surface area contributed by atoms with Gasteiger partial charge >= 0.3 is 0 Å². The zero-order valence-corrected chi connectivity index (χ0v) is 44.6. The molecule has 0 fully saturated rings. The monoisotopic (exact) mass is 1010 g/mol. The van der Waals surface area contributed by atoms with Crippen LogP contribution < -0.4 is 15.3 Å². The third-order valence-electron chi connectivity index (χ3n) is 18.2. The lowest BCUT2D eigenvalue weighted by Gasteiger charge is -2.35. The van der Waals surface area contributed by atoms with Crippen molar-refractivity contribution in [2.45, 2.75) is 23.9 Å². The maximum absolute atomic E-state index is 2.61. The van der Waals surface area contributed by atoms with Crippen LogP contribution in [0.15, 0.2) is 285 Å². The minimum absolute atomic E-state index is 0.496. The first-order valence-electron chi connectivity index (χ1n) is 27.5. The minimum atomic E-state index is -1.89. The summed E-state index contributed by atoms with van der Waals surface area (Å²) in [4.78, 5) is 2.61. The standard InChI is InChI=1S/C76H53NSi/c1-78(2)71-39-19-15-30-59(71)60-46-42-53(49-72(60)78)51-40-44-56(45-41-51)77(69-38-21-36-67-73(69)61-31-14-18-34-65(61)76(67)63-32-16-12-28-57(63)58-29-13-17-33-64(58)76)70-37-20-35-66-74(70)62-47-43-52(50-22-6-3-7-23-50)48-68(62)75(66,54-24-8-4-9-25-54)55-26-10-5-11-27-55/h3-49H,1-2H3. The van der Waals surface area contributed by atoms with E-state index in [2.05, 4.69) is 303 Å². The van der Waals surface area contributed by atoms with E-state index in [4.69, 9.17) is 0 Å². The molecular weight excluding hydrogens is 955 g/mol. The van der Waals surface area contributed by atoms with Gasteiger partial charge in [-0.1, -0.05) is 268 Å². The van der Waals surface area contributed by atoms with Crippen LogP contribution in [-0.4, -0.2) is 8.07 Å². The third-order valence-corrected chi connectivity index (χ3v) is 21.7. The largest absolute Gasteiger partial charge is 0.309 e. The summed E-state index contributed by atoms with van der Waals surface area (Å²) >= 11 is 0. The normalized spacial score (nSPS) is 14.6. The number of fused-ring (bicyclic) bond motifs is 16. The molecule has 2 heteroatoms. The van der Waals surface area contributed by atoms with Crippen molar-refractivity contribution in [2.24, 2.45) is 0 Å². The average Bonchev–Trinajstić information content (AvgIpc) is 4.05. The Morgan fingerprint density at radius 2 is 0.679 bits per heavy atom. The fraction of sp³-hybridized carbons (Fsp3) is 0.0526. The molecule has 12 aromatic rings. The van der Waals surface area contributed by atoms with Gasteiger partial charge < -0.3 is 4.90 Å². The number of nitrogens with zero attached hydrogens (tertiary/aromatic N) is 1. The fourth-order valence-corrected chi connectivity index (χ4v) is 18.0. The first-order chi connectivity index (χ1) is 38.5. The quantitative estimate of drug-likeness (QED) is 0.144. The van der Waals surface area contributed by atoms with E-state index in [1.165, 1.54) is 122 Å². The molecule has 0 N–H and O–H groups in total. The van der Waals surface area contributed by atoms with Gasteiger partial charge in [-0.05, 0) is 141 Å². The van der Waals surface area contributed by atoms with Crippen molar-refractivity contribution in [3.05, 3.63) is 330 Å². The Bertz CT molecular complexity index is 4320. The molecule has 12 aromatic carbocycles. The summed E-state index contributed by atoms with van der Waals surface area (Å²) in [6.07, 6.45) is 0. The van der Waals surface area contributed by atoms with E-state index in [-0.39, 0.29) is 0 Å². The Hall–Kier alpha value is -9.34. The van der Waals surface area contributed by atoms with E-state index < -0.39 is 18.9 Å². The van der Waals surface area contributed by atoms with Gasteiger partial charge in [-0.25, -0.2) is 0 Å². The predicted octanol–water partition coefficient (Wildman–Crippen LogP) is 18.0. The van der Waals surface area contributed by atoms with Gasteiger partial charge in [0.1, 0.15) is 8.07 Å². The first kappa shape index (κ1) is 44.9. The number of hydrogen-bond acceptors (Lipinski definition) is 1. The lowest BCUT2D eigenvalue weighted by Crippen LogP contribution is -2.49. The van der Waals surface area contributed by atoms with Gasteiger partial charge in [0.25, 0.3) is 0 Å². The Balaban J connectivity index is 0.974. The lowest BCUT2D eigenvalue weighted by molar-refractivity contribution is 0.769. The zero-order valence-electron chi connectivity index (χ0n) is 43.6. The Morgan fingerprint density at radius 3 is 1.28 bits per heavy atom. The SMILES string of the molecule is C[Si]1(C)c2ccccc2-c2ccc(-c3ccc(N(c4cccc5c4-c4ccc(-c6ccccc6)cc4C5(c4ccccc4)c4ccccc4)c4cccc5c4-c4ccccc4C54c5ccccc5-c5ccccc54)cc3)cc21. The molecule has 0 radical (unpaired) electrons. The van der Waals surface area contributed by atoms with E-state index >= 15 is 0 Å². The Kier molecular flexibility index (Phi) is 9.69. The van der Waals surface area contributed by atoms with Crippen LogP contribution in [0.4, 0.5) is 17.1 Å². The summed E-state index contributed by atoms with van der Waals surface area (Å²) in [5.41, 5.74) is 28.0. The molecule has 78 heavy (non-hydrogen) atoms. The highest BCUT2D eigenvalue weighted by molar-refractivity contribution is 7.03. The van der Waals surface area contributed by atoms with Crippen LogP contribution in [0.3, 0.4) is 0 Å². The molecule has 1 spiro atoms. The molecule has 1 heterocycles. The van der Waals surface area contributed by atoms with Crippen molar-refractivity contribution in [2.75, 3.05) is 4.90 Å². The van der Waals surface area contributed by atoms with Crippen LogP contribution >= 0.6 is 0 Å². The maximum Gasteiger partial charge on any atom is 0.113 e. The summed E-state index contributed by atoms with van der Waals surface area (Å²) in [5, 5.41) is 3.05. The van der Waals surface area contributed by atoms with Gasteiger partial charge in [0, 0.05) is 16.8 Å². The molecule has 0 atom stereocenters. The highest BCUT2D eigenvalue weighted by atomic mass is 28.3. The van der Waals surface area contributed by atoms with E-state index in [1.807, 2.05) is 0 Å². The van der Waals surface area contributed by atoms with Gasteiger partial charge in [0.05, 0.1) is 22.2 Å². The highest BCUT2D eigenvalue weighted by Gasteiger charge is 2.53. The van der Waals surface area contributed by atoms with Crippen LogP contribution in [0, 0.1) is 0 Å². The molecule has 0 saturated carbocycles. The van der Waals surface area contributed by atoms with E-state index in [9.17, 15) is 0 Å². The first-order valence-corrected chi connectivity index (χ1v) is 30.5. The second kappa shape index (κ2) is 16.8. The summed E-state index contributed by atoms with van der Waals surface area (Å²) in [5.74, 6) is 0. The van der Waals surface area contributed by atoms with Crippen molar-refractivity contribution in [3.8, 4) is 66.8 Å². The second-order valence-corrected chi connectivity index (χ2v) is 26.5. The van der Waals surface area contributed by atoms with Crippen molar-refractivity contribution in [1.82, 2.24) is 0 Å². The molecule has 0 unspecified atom stereocenters. The topological polar surface area (TPSA) is 3.24 Å². The third kappa shape index (κ3) is 6.01. The molecule has 0 saturated heterocycles. The number of hydrogen-bond donors (Lipinski definition) is 0. The van der Waals surface area contributed by atoms with Gasteiger partial charge in [0.2, 0.25) is 0 Å². The molecule has 4 aliphatic rings. The van der Waals surface area contributed by atoms with Crippen molar-refractivity contribution in [1.29, 1.82) is 0 Å². The fourth-order valence-electron chi connectivity index (χ4n) is 14.9. The van der Waals surface area contributed by atoms with Crippen molar-refractivity contribution in [3.63, 3.8) is 0 Å². The molecule has 3 aliphatic carbocycles.